The third kappa shape index (κ3) is 5.43. The molecule has 0 radical (unpaired) electrons. The summed E-state index contributed by atoms with van der Waals surface area (Å²) in [5.41, 5.74) is 6.34. The zero-order valence-electron chi connectivity index (χ0n) is 21.9. The first kappa shape index (κ1) is 25.5. The van der Waals surface area contributed by atoms with Gasteiger partial charge in [0.1, 0.15) is 28.9 Å². The summed E-state index contributed by atoms with van der Waals surface area (Å²) in [6.45, 7) is 6.14. The Bertz CT molecular complexity index is 1680. The zero-order chi connectivity index (χ0) is 27.4. The van der Waals surface area contributed by atoms with Crippen molar-refractivity contribution >= 4 is 18.1 Å². The van der Waals surface area contributed by atoms with E-state index < -0.39 is 0 Å². The molecule has 5 rings (SSSR count). The van der Waals surface area contributed by atoms with E-state index in [0.29, 0.717) is 40.6 Å². The second-order valence-corrected chi connectivity index (χ2v) is 9.09. The number of carbonyl (C=O) groups excluding carboxylic acids is 1. The number of ether oxygens (including phenoxy) is 1. The Balaban J connectivity index is 1.48. The van der Waals surface area contributed by atoms with E-state index in [1.807, 2.05) is 68.4 Å². The number of rotatable bonds is 7. The number of furan rings is 2. The highest BCUT2D eigenvalue weighted by atomic mass is 16.5. The van der Waals surface area contributed by atoms with Crippen molar-refractivity contribution in [3.8, 4) is 39.8 Å². The van der Waals surface area contributed by atoms with Crippen LogP contribution in [0, 0.1) is 25.2 Å². The molecule has 0 saturated carbocycles. The van der Waals surface area contributed by atoms with Crippen molar-refractivity contribution < 1.29 is 18.4 Å². The van der Waals surface area contributed by atoms with E-state index in [1.165, 1.54) is 6.21 Å². The van der Waals surface area contributed by atoms with Crippen molar-refractivity contribution in [3.05, 3.63) is 113 Å². The van der Waals surface area contributed by atoms with Gasteiger partial charge < -0.3 is 13.6 Å². The Hall–Kier alpha value is -5.15. The van der Waals surface area contributed by atoms with Crippen LogP contribution in [0.1, 0.15) is 39.7 Å². The average molecular weight is 515 g/mol. The minimum absolute atomic E-state index is 0.209. The van der Waals surface area contributed by atoms with Crippen LogP contribution in [0.4, 0.5) is 5.88 Å². The summed E-state index contributed by atoms with van der Waals surface area (Å²) in [5.74, 6) is 1.55. The fraction of sp³-hybridized carbons (Fsp3) is 0.121. The lowest BCUT2D eigenvalue weighted by molar-refractivity contribution is 0.0526. The summed E-state index contributed by atoms with van der Waals surface area (Å²) >= 11 is 0. The van der Waals surface area contributed by atoms with Gasteiger partial charge in [0.25, 0.3) is 0 Å². The molecule has 0 bridgehead atoms. The second-order valence-electron chi connectivity index (χ2n) is 9.09. The first-order valence-corrected chi connectivity index (χ1v) is 12.6. The molecule has 0 saturated heterocycles. The number of esters is 1. The van der Waals surface area contributed by atoms with Gasteiger partial charge in [0.15, 0.2) is 0 Å². The Labute approximate surface area is 226 Å². The summed E-state index contributed by atoms with van der Waals surface area (Å²) in [5, 5.41) is 10.1. The molecule has 0 atom stereocenters. The van der Waals surface area contributed by atoms with Crippen LogP contribution in [0.2, 0.25) is 0 Å². The number of aliphatic imine (C=N–C) groups is 1. The number of hydrogen-bond acceptors (Lipinski definition) is 6. The molecule has 2 aromatic heterocycles. The third-order valence-electron chi connectivity index (χ3n) is 6.27. The van der Waals surface area contributed by atoms with Gasteiger partial charge in [-0.15, -0.1) is 0 Å². The molecular formula is C33H26N2O4. The van der Waals surface area contributed by atoms with E-state index in [1.54, 1.807) is 37.3 Å². The van der Waals surface area contributed by atoms with Crippen molar-refractivity contribution in [2.45, 2.75) is 20.8 Å². The van der Waals surface area contributed by atoms with Crippen molar-refractivity contribution in [1.29, 1.82) is 5.26 Å². The number of carbonyl (C=O) groups is 1. The van der Waals surface area contributed by atoms with Gasteiger partial charge in [0, 0.05) is 16.7 Å². The highest BCUT2D eigenvalue weighted by molar-refractivity contribution is 5.91. The molecule has 0 aliphatic carbocycles. The molecule has 0 fully saturated rings. The molecule has 39 heavy (non-hydrogen) atoms. The monoisotopic (exact) mass is 514 g/mol. The average Bonchev–Trinajstić information content (AvgIpc) is 3.58. The molecule has 0 spiro atoms. The summed E-state index contributed by atoms with van der Waals surface area (Å²) < 4.78 is 17.2. The van der Waals surface area contributed by atoms with Gasteiger partial charge in [-0.3, -0.25) is 0 Å². The van der Waals surface area contributed by atoms with Gasteiger partial charge in [-0.2, -0.15) is 5.26 Å². The smallest absolute Gasteiger partial charge is 0.338 e. The first-order chi connectivity index (χ1) is 19.0. The van der Waals surface area contributed by atoms with Gasteiger partial charge in [-0.05, 0) is 50.6 Å². The van der Waals surface area contributed by atoms with Crippen molar-refractivity contribution in [2.24, 2.45) is 4.99 Å². The maximum Gasteiger partial charge on any atom is 0.338 e. The van der Waals surface area contributed by atoms with Crippen LogP contribution in [0.5, 0.6) is 0 Å². The third-order valence-corrected chi connectivity index (χ3v) is 6.27. The lowest BCUT2D eigenvalue weighted by Gasteiger charge is -2.05. The first-order valence-electron chi connectivity index (χ1n) is 12.6. The molecule has 0 N–H and O–H groups in total. The zero-order valence-corrected chi connectivity index (χ0v) is 21.9. The number of nitriles is 1. The molecule has 0 amide bonds. The SMILES string of the molecule is CCOC(=O)c1ccc(-c2ccc(C=Nc3oc(-c4ccc(C)cc4)c(-c4ccc(C)cc4)c3C#N)o2)cc1. The molecule has 0 unspecified atom stereocenters. The fourth-order valence-corrected chi connectivity index (χ4v) is 4.20. The van der Waals surface area contributed by atoms with Gasteiger partial charge >= 0.3 is 5.97 Å². The molecule has 2 heterocycles. The quantitative estimate of drug-likeness (QED) is 0.161. The van der Waals surface area contributed by atoms with E-state index >= 15 is 0 Å². The Morgan fingerprint density at radius 3 is 2.08 bits per heavy atom. The summed E-state index contributed by atoms with van der Waals surface area (Å²) in [4.78, 5) is 16.4. The summed E-state index contributed by atoms with van der Waals surface area (Å²) in [6, 6.07) is 28.9. The normalized spacial score (nSPS) is 11.0. The van der Waals surface area contributed by atoms with Gasteiger partial charge in [0.2, 0.25) is 5.88 Å². The van der Waals surface area contributed by atoms with Gasteiger partial charge in [0.05, 0.1) is 18.4 Å². The molecule has 192 valence electrons. The standard InChI is InChI=1S/C33H26N2O4/c1-4-37-33(36)26-15-13-23(14-16-26)29-18-17-27(38-29)20-35-32-28(19-34)30(24-9-5-21(2)6-10-24)31(39-32)25-11-7-22(3)8-12-25/h5-18,20H,4H2,1-3H3. The number of hydrogen-bond donors (Lipinski definition) is 0. The lowest BCUT2D eigenvalue weighted by Crippen LogP contribution is -2.03. The minimum Gasteiger partial charge on any atom is -0.462 e. The van der Waals surface area contributed by atoms with Crippen molar-refractivity contribution in [2.75, 3.05) is 6.61 Å². The Morgan fingerprint density at radius 1 is 0.846 bits per heavy atom. The molecular weight excluding hydrogens is 488 g/mol. The number of nitrogens with zero attached hydrogens (tertiary/aromatic N) is 2. The molecule has 6 heteroatoms. The molecule has 0 aliphatic heterocycles. The van der Waals surface area contributed by atoms with Crippen LogP contribution in [0.3, 0.4) is 0 Å². The molecule has 6 nitrogen and oxygen atoms in total. The van der Waals surface area contributed by atoms with Crippen LogP contribution in [0.25, 0.3) is 33.8 Å². The second kappa shape index (κ2) is 11.1. The topological polar surface area (TPSA) is 88.7 Å². The molecule has 5 aromatic rings. The number of aryl methyl sites for hydroxylation is 2. The largest absolute Gasteiger partial charge is 0.462 e. The predicted molar refractivity (Wildman–Crippen MR) is 151 cm³/mol. The van der Waals surface area contributed by atoms with Gasteiger partial charge in [-0.25, -0.2) is 9.79 Å². The van der Waals surface area contributed by atoms with E-state index in [0.717, 1.165) is 27.8 Å². The molecule has 0 aliphatic rings. The highest BCUT2D eigenvalue weighted by Crippen LogP contribution is 2.42. The van der Waals surface area contributed by atoms with Gasteiger partial charge in [-0.1, -0.05) is 71.8 Å². The van der Waals surface area contributed by atoms with E-state index in [4.69, 9.17) is 13.6 Å². The lowest BCUT2D eigenvalue weighted by atomic mass is 9.97. The van der Waals surface area contributed by atoms with Crippen LogP contribution in [-0.2, 0) is 4.74 Å². The summed E-state index contributed by atoms with van der Waals surface area (Å²) in [6.07, 6.45) is 1.54. The highest BCUT2D eigenvalue weighted by Gasteiger charge is 2.23. The van der Waals surface area contributed by atoms with Crippen molar-refractivity contribution in [3.63, 3.8) is 0 Å². The Morgan fingerprint density at radius 2 is 1.46 bits per heavy atom. The maximum absolute atomic E-state index is 11.9. The Kier molecular flexibility index (Phi) is 7.24. The van der Waals surface area contributed by atoms with Crippen LogP contribution < -0.4 is 0 Å². The molecule has 3 aromatic carbocycles. The maximum atomic E-state index is 11.9. The van der Waals surface area contributed by atoms with E-state index in [2.05, 4.69) is 11.1 Å². The van der Waals surface area contributed by atoms with Crippen LogP contribution >= 0.6 is 0 Å². The van der Waals surface area contributed by atoms with Crippen LogP contribution in [0.15, 0.2) is 98.8 Å². The fourth-order valence-electron chi connectivity index (χ4n) is 4.20. The summed E-state index contributed by atoms with van der Waals surface area (Å²) in [7, 11) is 0. The van der Waals surface area contributed by atoms with Crippen molar-refractivity contribution in [1.82, 2.24) is 0 Å². The minimum atomic E-state index is -0.363. The van der Waals surface area contributed by atoms with Crippen LogP contribution in [-0.4, -0.2) is 18.8 Å². The predicted octanol–water partition coefficient (Wildman–Crippen LogP) is 8.29. The van der Waals surface area contributed by atoms with E-state index in [9.17, 15) is 10.1 Å². The number of benzene rings is 3. The van der Waals surface area contributed by atoms with E-state index in [-0.39, 0.29) is 11.9 Å².